The molecule has 0 atom stereocenters. The molecule has 7 nitrogen and oxygen atoms in total. The van der Waals surface area contributed by atoms with Crippen LogP contribution >= 0.6 is 0 Å². The standard InChI is InChI=1S/C12H9N5O2/c13-11-10(16-19-17-11)12(18)15-8-5-7-3-1-2-4-9(7)14-6-8/h1-6H,(H2,13,17)(H,15,18). The van der Waals surface area contributed by atoms with Crippen LogP contribution in [-0.4, -0.2) is 21.2 Å². The fourth-order valence-electron chi connectivity index (χ4n) is 1.68. The SMILES string of the molecule is Nc1nonc1C(=O)Nc1cnc2ccccc2c1. The van der Waals surface area contributed by atoms with Crippen LogP contribution in [-0.2, 0) is 0 Å². The monoisotopic (exact) mass is 255 g/mol. The Balaban J connectivity index is 1.89. The Bertz CT molecular complexity index is 752. The normalized spacial score (nSPS) is 10.5. The first kappa shape index (κ1) is 11.1. The highest BCUT2D eigenvalue weighted by atomic mass is 16.6. The van der Waals surface area contributed by atoms with Crippen molar-refractivity contribution in [3.8, 4) is 0 Å². The highest BCUT2D eigenvalue weighted by Crippen LogP contribution is 2.17. The molecule has 3 N–H and O–H groups in total. The summed E-state index contributed by atoms with van der Waals surface area (Å²) in [6, 6.07) is 9.40. The molecule has 0 aliphatic heterocycles. The van der Waals surface area contributed by atoms with E-state index in [-0.39, 0.29) is 11.5 Å². The van der Waals surface area contributed by atoms with E-state index >= 15 is 0 Å². The molecule has 7 heteroatoms. The molecule has 0 aliphatic rings. The third-order valence-corrected chi connectivity index (χ3v) is 2.58. The zero-order chi connectivity index (χ0) is 13.2. The Hall–Kier alpha value is -2.96. The predicted molar refractivity (Wildman–Crippen MR) is 68.4 cm³/mol. The van der Waals surface area contributed by atoms with E-state index in [2.05, 4.69) is 25.2 Å². The lowest BCUT2D eigenvalue weighted by atomic mass is 10.2. The number of anilines is 2. The highest BCUT2D eigenvalue weighted by Gasteiger charge is 2.16. The summed E-state index contributed by atoms with van der Waals surface area (Å²) in [6.07, 6.45) is 1.56. The molecule has 19 heavy (non-hydrogen) atoms. The van der Waals surface area contributed by atoms with Gasteiger partial charge in [0.2, 0.25) is 11.5 Å². The van der Waals surface area contributed by atoms with E-state index < -0.39 is 5.91 Å². The number of carbonyl (C=O) groups is 1. The maximum atomic E-state index is 11.9. The van der Waals surface area contributed by atoms with Gasteiger partial charge in [-0.2, -0.15) is 0 Å². The quantitative estimate of drug-likeness (QED) is 0.717. The minimum atomic E-state index is -0.490. The molecule has 3 aromatic rings. The van der Waals surface area contributed by atoms with Gasteiger partial charge in [0.05, 0.1) is 17.4 Å². The number of pyridine rings is 1. The van der Waals surface area contributed by atoms with E-state index in [1.807, 2.05) is 30.3 Å². The molecular formula is C12H9N5O2. The minimum Gasteiger partial charge on any atom is -0.379 e. The topological polar surface area (TPSA) is 107 Å². The molecule has 0 unspecified atom stereocenters. The first-order chi connectivity index (χ1) is 9.24. The van der Waals surface area contributed by atoms with Gasteiger partial charge in [0, 0.05) is 5.39 Å². The molecule has 0 aliphatic carbocycles. The maximum Gasteiger partial charge on any atom is 0.281 e. The molecule has 0 saturated carbocycles. The number of nitrogens with one attached hydrogen (secondary N) is 1. The predicted octanol–water partition coefficient (Wildman–Crippen LogP) is 1.45. The maximum absolute atomic E-state index is 11.9. The molecule has 3 rings (SSSR count). The van der Waals surface area contributed by atoms with Gasteiger partial charge in [-0.25, -0.2) is 4.63 Å². The molecule has 0 fully saturated rings. The van der Waals surface area contributed by atoms with Crippen LogP contribution in [0.4, 0.5) is 11.5 Å². The number of amides is 1. The zero-order valence-electron chi connectivity index (χ0n) is 9.70. The Morgan fingerprint density at radius 3 is 2.89 bits per heavy atom. The van der Waals surface area contributed by atoms with Crippen LogP contribution in [0.25, 0.3) is 10.9 Å². The molecule has 2 aromatic heterocycles. The fraction of sp³-hybridized carbons (Fsp3) is 0. The molecule has 0 bridgehead atoms. The summed E-state index contributed by atoms with van der Waals surface area (Å²) in [5.74, 6) is -0.540. The van der Waals surface area contributed by atoms with Gasteiger partial charge in [-0.15, -0.1) is 0 Å². The lowest BCUT2D eigenvalue weighted by molar-refractivity contribution is 0.101. The van der Waals surface area contributed by atoms with Gasteiger partial charge in [0.25, 0.3) is 5.91 Å². The third kappa shape index (κ3) is 2.08. The van der Waals surface area contributed by atoms with Crippen molar-refractivity contribution in [2.75, 3.05) is 11.1 Å². The van der Waals surface area contributed by atoms with Crippen LogP contribution in [0.1, 0.15) is 10.5 Å². The second kappa shape index (κ2) is 4.37. The van der Waals surface area contributed by atoms with E-state index in [1.54, 1.807) is 6.20 Å². The number of nitrogens with two attached hydrogens (primary N) is 1. The van der Waals surface area contributed by atoms with Crippen molar-refractivity contribution in [3.05, 3.63) is 42.2 Å². The number of nitrogens with zero attached hydrogens (tertiary/aromatic N) is 3. The summed E-state index contributed by atoms with van der Waals surface area (Å²) in [4.78, 5) is 16.1. The molecule has 94 valence electrons. The van der Waals surface area contributed by atoms with E-state index in [0.717, 1.165) is 10.9 Å². The smallest absolute Gasteiger partial charge is 0.281 e. The highest BCUT2D eigenvalue weighted by molar-refractivity contribution is 6.06. The second-order valence-corrected chi connectivity index (χ2v) is 3.87. The largest absolute Gasteiger partial charge is 0.379 e. The van der Waals surface area contributed by atoms with Crippen molar-refractivity contribution in [3.63, 3.8) is 0 Å². The average Bonchev–Trinajstić information content (AvgIpc) is 2.85. The molecule has 1 aromatic carbocycles. The van der Waals surface area contributed by atoms with Gasteiger partial charge in [0.1, 0.15) is 0 Å². The third-order valence-electron chi connectivity index (χ3n) is 2.58. The Kier molecular flexibility index (Phi) is 2.57. The average molecular weight is 255 g/mol. The van der Waals surface area contributed by atoms with Crippen molar-refractivity contribution in [1.29, 1.82) is 0 Å². The molecular weight excluding hydrogens is 246 g/mol. The van der Waals surface area contributed by atoms with Crippen molar-refractivity contribution in [2.45, 2.75) is 0 Å². The summed E-state index contributed by atoms with van der Waals surface area (Å²) < 4.78 is 4.37. The van der Waals surface area contributed by atoms with Crippen LogP contribution in [0.5, 0.6) is 0 Å². The number of nitrogen functional groups attached to an aromatic ring is 1. The van der Waals surface area contributed by atoms with Gasteiger partial charge < -0.3 is 11.1 Å². The Labute approximate surface area is 107 Å². The van der Waals surface area contributed by atoms with Crippen molar-refractivity contribution in [2.24, 2.45) is 0 Å². The van der Waals surface area contributed by atoms with Crippen molar-refractivity contribution in [1.82, 2.24) is 15.3 Å². The van der Waals surface area contributed by atoms with E-state index in [9.17, 15) is 4.79 Å². The summed E-state index contributed by atoms with van der Waals surface area (Å²) >= 11 is 0. The summed E-state index contributed by atoms with van der Waals surface area (Å²) in [6.45, 7) is 0. The summed E-state index contributed by atoms with van der Waals surface area (Å²) in [7, 11) is 0. The number of fused-ring (bicyclic) bond motifs is 1. The van der Waals surface area contributed by atoms with Crippen LogP contribution in [0, 0.1) is 0 Å². The summed E-state index contributed by atoms with van der Waals surface area (Å²) in [5.41, 5.74) is 6.79. The number of hydrogen-bond donors (Lipinski definition) is 2. The number of benzene rings is 1. The minimum absolute atomic E-state index is 0.0480. The molecule has 1 amide bonds. The van der Waals surface area contributed by atoms with Crippen LogP contribution in [0.3, 0.4) is 0 Å². The van der Waals surface area contributed by atoms with Crippen LogP contribution in [0.15, 0.2) is 41.2 Å². The number of hydrogen-bond acceptors (Lipinski definition) is 6. The molecule has 0 radical (unpaired) electrons. The van der Waals surface area contributed by atoms with Gasteiger partial charge in [-0.1, -0.05) is 18.2 Å². The van der Waals surface area contributed by atoms with Gasteiger partial charge in [-0.3, -0.25) is 9.78 Å². The number of aromatic nitrogens is 3. The van der Waals surface area contributed by atoms with Crippen molar-refractivity contribution < 1.29 is 9.42 Å². The van der Waals surface area contributed by atoms with Crippen LogP contribution < -0.4 is 11.1 Å². The van der Waals surface area contributed by atoms with Gasteiger partial charge >= 0.3 is 0 Å². The van der Waals surface area contributed by atoms with Crippen LogP contribution in [0.2, 0.25) is 0 Å². The number of carbonyl (C=O) groups excluding carboxylic acids is 1. The summed E-state index contributed by atoms with van der Waals surface area (Å²) in [5, 5.41) is 10.3. The van der Waals surface area contributed by atoms with E-state index in [0.29, 0.717) is 5.69 Å². The lowest BCUT2D eigenvalue weighted by Crippen LogP contribution is -2.14. The first-order valence-electron chi connectivity index (χ1n) is 5.48. The Morgan fingerprint density at radius 2 is 2.11 bits per heavy atom. The first-order valence-corrected chi connectivity index (χ1v) is 5.48. The fourth-order valence-corrected chi connectivity index (χ4v) is 1.68. The zero-order valence-corrected chi connectivity index (χ0v) is 9.70. The molecule has 0 saturated heterocycles. The van der Waals surface area contributed by atoms with Gasteiger partial charge in [0.15, 0.2) is 0 Å². The van der Waals surface area contributed by atoms with E-state index in [1.165, 1.54) is 0 Å². The number of rotatable bonds is 2. The van der Waals surface area contributed by atoms with Crippen molar-refractivity contribution >= 4 is 28.3 Å². The Morgan fingerprint density at radius 1 is 1.26 bits per heavy atom. The molecule has 0 spiro atoms. The number of para-hydroxylation sites is 1. The van der Waals surface area contributed by atoms with Gasteiger partial charge in [-0.05, 0) is 22.4 Å². The lowest BCUT2D eigenvalue weighted by Gasteiger charge is -2.04. The molecule has 2 heterocycles. The van der Waals surface area contributed by atoms with E-state index in [4.69, 9.17) is 5.73 Å². The second-order valence-electron chi connectivity index (χ2n) is 3.87.